The van der Waals surface area contributed by atoms with Crippen LogP contribution in [0.1, 0.15) is 25.7 Å². The van der Waals surface area contributed by atoms with Gasteiger partial charge in [0.25, 0.3) is 0 Å². The van der Waals surface area contributed by atoms with Crippen molar-refractivity contribution >= 4 is 12.0 Å². The molecule has 0 bridgehead atoms. The van der Waals surface area contributed by atoms with Crippen LogP contribution < -0.4 is 34.9 Å². The van der Waals surface area contributed by atoms with E-state index in [0.29, 0.717) is 0 Å². The Morgan fingerprint density at radius 1 is 1.31 bits per heavy atom. The van der Waals surface area contributed by atoms with Crippen LogP contribution in [0.4, 0.5) is 26.7 Å². The summed E-state index contributed by atoms with van der Waals surface area (Å²) in [6, 6.07) is 1.97. The van der Waals surface area contributed by atoms with Gasteiger partial charge in [0.2, 0.25) is 5.91 Å². The van der Waals surface area contributed by atoms with Crippen molar-refractivity contribution < 1.29 is 67.6 Å². The van der Waals surface area contributed by atoms with Crippen LogP contribution in [-0.4, -0.2) is 47.3 Å². The van der Waals surface area contributed by atoms with E-state index >= 15 is 0 Å². The third-order valence-corrected chi connectivity index (χ3v) is 4.01. The molecule has 26 heavy (non-hydrogen) atoms. The van der Waals surface area contributed by atoms with Crippen LogP contribution in [0.3, 0.4) is 0 Å². The van der Waals surface area contributed by atoms with Crippen molar-refractivity contribution in [3.8, 4) is 0 Å². The molecule has 0 aliphatic carbocycles. The number of nitrogens with one attached hydrogen (secondary N) is 1. The molecule has 0 saturated carbocycles. The summed E-state index contributed by atoms with van der Waals surface area (Å²) in [6.07, 6.45) is -6.91. The van der Waals surface area contributed by atoms with Crippen molar-refractivity contribution in [2.24, 2.45) is 0 Å². The Hall–Kier alpha value is -1.39. The number of alkyl halides is 3. The smallest absolute Gasteiger partial charge is 1.00 e. The fourth-order valence-electron chi connectivity index (χ4n) is 2.84. The minimum absolute atomic E-state index is 0. The molecular weight excluding hydrogens is 374 g/mol. The summed E-state index contributed by atoms with van der Waals surface area (Å²) in [5, 5.41) is 11.3. The van der Waals surface area contributed by atoms with Crippen LogP contribution in [0.25, 0.3) is 0 Å². The summed E-state index contributed by atoms with van der Waals surface area (Å²) in [5.74, 6) is -3.74. The summed E-state index contributed by atoms with van der Waals surface area (Å²) in [7, 11) is 0. The number of hydrogen-bond donors (Lipinski definition) is 2. The van der Waals surface area contributed by atoms with Gasteiger partial charge in [-0.3, -0.25) is 9.69 Å². The molecule has 5 nitrogen and oxygen atoms in total. The Balaban J connectivity index is 0.00000338. The van der Waals surface area contributed by atoms with Crippen molar-refractivity contribution in [3.05, 3.63) is 35.4 Å². The molecule has 140 valence electrons. The van der Waals surface area contributed by atoms with Crippen LogP contribution in [0.5, 0.6) is 0 Å². The third kappa shape index (κ3) is 5.55. The van der Waals surface area contributed by atoms with Gasteiger partial charge in [-0.25, -0.2) is 13.6 Å². The Kier molecular flexibility index (Phi) is 7.85. The van der Waals surface area contributed by atoms with E-state index in [0.717, 1.165) is 6.07 Å². The van der Waals surface area contributed by atoms with E-state index in [-0.39, 0.29) is 60.8 Å². The number of carboxylic acid groups (broad SMARTS) is 1. The van der Waals surface area contributed by atoms with Gasteiger partial charge < -0.3 is 11.8 Å². The maximum Gasteiger partial charge on any atom is 1.00 e. The second-order valence-corrected chi connectivity index (χ2v) is 5.70. The molecule has 2 amide bonds. The van der Waals surface area contributed by atoms with Crippen molar-refractivity contribution in [1.82, 2.24) is 10.2 Å². The number of carbonyl (C=O) groups excluding carboxylic acids is 1. The molecule has 1 aliphatic heterocycles. The molecule has 2 N–H and O–H groups in total. The summed E-state index contributed by atoms with van der Waals surface area (Å²) >= 11 is 0. The largest absolute Gasteiger partial charge is 1.00 e. The van der Waals surface area contributed by atoms with Crippen LogP contribution in [0, 0.1) is 11.6 Å². The van der Waals surface area contributed by atoms with Crippen LogP contribution in [0.15, 0.2) is 18.2 Å². The summed E-state index contributed by atoms with van der Waals surface area (Å²) in [4.78, 5) is 23.2. The Morgan fingerprint density at radius 2 is 1.96 bits per heavy atom. The van der Waals surface area contributed by atoms with E-state index in [2.05, 4.69) is 5.32 Å². The molecule has 0 spiro atoms. The standard InChI is InChI=1S/C15H15F5N2O3.Na.H/c16-10-3-1-2-9(12(10)17)8-4-5-11(13(23)21-6-8)22(14(24)25)7-15(18,19)20;;/h1-3,8,11H,4-7H2,(H,21,23)(H,24,25);;/q;+1;-1/t8-,11-;;/m1../s1. The SMILES string of the molecule is O=C1NC[C@H](c2cccc(F)c2F)CC[C@H]1N(CC(F)(F)F)C(=O)O.[H-].[Na+]. The van der Waals surface area contributed by atoms with E-state index in [1.165, 1.54) is 12.1 Å². The van der Waals surface area contributed by atoms with E-state index in [1.54, 1.807) is 0 Å². The zero-order chi connectivity index (χ0) is 18.8. The molecule has 0 radical (unpaired) electrons. The van der Waals surface area contributed by atoms with Gasteiger partial charge in [-0.15, -0.1) is 0 Å². The molecule has 0 aromatic heterocycles. The van der Waals surface area contributed by atoms with E-state index < -0.39 is 48.3 Å². The second-order valence-electron chi connectivity index (χ2n) is 5.70. The van der Waals surface area contributed by atoms with Gasteiger partial charge in [-0.2, -0.15) is 13.2 Å². The van der Waals surface area contributed by atoms with Crippen molar-refractivity contribution in [2.45, 2.75) is 31.0 Å². The number of halogens is 5. The number of rotatable bonds is 3. The molecule has 1 aromatic rings. The molecule has 1 fully saturated rings. The van der Waals surface area contributed by atoms with Crippen LogP contribution in [-0.2, 0) is 4.79 Å². The van der Waals surface area contributed by atoms with Gasteiger partial charge >= 0.3 is 41.8 Å². The summed E-state index contributed by atoms with van der Waals surface area (Å²) in [5.41, 5.74) is -0.0151. The average molecular weight is 390 g/mol. The van der Waals surface area contributed by atoms with Crippen molar-refractivity contribution in [2.75, 3.05) is 13.1 Å². The number of amides is 2. The van der Waals surface area contributed by atoms with Crippen LogP contribution >= 0.6 is 0 Å². The Morgan fingerprint density at radius 3 is 2.54 bits per heavy atom. The molecular formula is C15H16F5N2NaO3. The first-order chi connectivity index (χ1) is 11.6. The first-order valence-corrected chi connectivity index (χ1v) is 7.38. The topological polar surface area (TPSA) is 69.6 Å². The first kappa shape index (κ1) is 22.7. The van der Waals surface area contributed by atoms with Gasteiger partial charge in [0.15, 0.2) is 11.6 Å². The number of hydrogen-bond acceptors (Lipinski definition) is 2. The molecule has 1 aliphatic rings. The quantitative estimate of drug-likeness (QED) is 0.564. The maximum absolute atomic E-state index is 13.9. The first-order valence-electron chi connectivity index (χ1n) is 7.38. The molecule has 2 rings (SSSR count). The summed E-state index contributed by atoms with van der Waals surface area (Å²) in [6.45, 7) is -1.92. The minimum Gasteiger partial charge on any atom is -1.00 e. The van der Waals surface area contributed by atoms with Gasteiger partial charge in [-0.1, -0.05) is 12.1 Å². The fraction of sp³-hybridized carbons (Fsp3) is 0.467. The molecule has 2 atom stereocenters. The molecule has 1 heterocycles. The van der Waals surface area contributed by atoms with Crippen molar-refractivity contribution in [3.63, 3.8) is 0 Å². The fourth-order valence-corrected chi connectivity index (χ4v) is 2.84. The molecule has 0 unspecified atom stereocenters. The van der Waals surface area contributed by atoms with E-state index in [4.69, 9.17) is 5.11 Å². The number of benzene rings is 1. The van der Waals surface area contributed by atoms with Gasteiger partial charge in [-0.05, 0) is 24.5 Å². The Labute approximate surface area is 169 Å². The zero-order valence-electron chi connectivity index (χ0n) is 14.8. The van der Waals surface area contributed by atoms with Gasteiger partial charge in [0, 0.05) is 12.5 Å². The number of nitrogens with zero attached hydrogens (tertiary/aromatic N) is 1. The zero-order valence-corrected chi connectivity index (χ0v) is 15.8. The van der Waals surface area contributed by atoms with Crippen molar-refractivity contribution in [1.29, 1.82) is 0 Å². The Bertz CT molecular complexity index is 677. The predicted octanol–water partition coefficient (Wildman–Crippen LogP) is -0.0142. The summed E-state index contributed by atoms with van der Waals surface area (Å²) < 4.78 is 64.9. The minimum atomic E-state index is -4.81. The van der Waals surface area contributed by atoms with E-state index in [1.807, 2.05) is 0 Å². The normalized spacial score (nSPS) is 20.6. The monoisotopic (exact) mass is 390 g/mol. The predicted molar refractivity (Wildman–Crippen MR) is 77.0 cm³/mol. The third-order valence-electron chi connectivity index (χ3n) is 4.01. The van der Waals surface area contributed by atoms with Gasteiger partial charge in [0.1, 0.15) is 12.6 Å². The van der Waals surface area contributed by atoms with Crippen LogP contribution in [0.2, 0.25) is 0 Å². The van der Waals surface area contributed by atoms with Gasteiger partial charge in [0.05, 0.1) is 0 Å². The maximum atomic E-state index is 13.9. The molecule has 1 saturated heterocycles. The van der Waals surface area contributed by atoms with E-state index in [9.17, 15) is 31.5 Å². The second kappa shape index (κ2) is 9.01. The number of carbonyl (C=O) groups is 2. The molecule has 1 aromatic carbocycles. The average Bonchev–Trinajstić information content (AvgIpc) is 2.69. The molecule has 11 heteroatoms.